The highest BCUT2D eigenvalue weighted by Gasteiger charge is 2.35. The van der Waals surface area contributed by atoms with Crippen LogP contribution in [0.25, 0.3) is 0 Å². The Balaban J connectivity index is 2.45. The van der Waals surface area contributed by atoms with Crippen molar-refractivity contribution in [2.24, 2.45) is 0 Å². The molecule has 0 aliphatic rings. The molecule has 1 N–H and O–H groups in total. The molecule has 114 valence electrons. The molecule has 0 amide bonds. The van der Waals surface area contributed by atoms with E-state index in [4.69, 9.17) is 11.6 Å². The van der Waals surface area contributed by atoms with Crippen LogP contribution in [-0.2, 0) is 12.1 Å². The number of nitrogens with zero attached hydrogens (tertiary/aromatic N) is 3. The van der Waals surface area contributed by atoms with Gasteiger partial charge in [0.2, 0.25) is 0 Å². The average Bonchev–Trinajstić information content (AvgIpc) is 2.87. The Morgan fingerprint density at radius 3 is 2.52 bits per heavy atom. The summed E-state index contributed by atoms with van der Waals surface area (Å²) in [5.41, 5.74) is 0.377. The van der Waals surface area contributed by atoms with E-state index in [0.29, 0.717) is 23.7 Å². The maximum atomic E-state index is 11.2. The van der Waals surface area contributed by atoms with Crippen molar-refractivity contribution in [1.82, 2.24) is 14.7 Å². The average molecular weight is 308 g/mol. The van der Waals surface area contributed by atoms with Gasteiger partial charge in [-0.3, -0.25) is 4.68 Å². The van der Waals surface area contributed by atoms with Crippen molar-refractivity contribution in [3.8, 4) is 0 Å². The molecule has 21 heavy (non-hydrogen) atoms. The minimum Gasteiger partial charge on any atom is -0.379 e. The summed E-state index contributed by atoms with van der Waals surface area (Å²) in [5.74, 6) is 0. The largest absolute Gasteiger partial charge is 0.379 e. The molecule has 2 rings (SSSR count). The van der Waals surface area contributed by atoms with Crippen LogP contribution in [0.2, 0.25) is 5.02 Å². The molecular weight excluding hydrogens is 286 g/mol. The molecule has 0 fully saturated rings. The summed E-state index contributed by atoms with van der Waals surface area (Å²) in [6.07, 6.45) is 2.14. The van der Waals surface area contributed by atoms with Gasteiger partial charge in [0, 0.05) is 6.54 Å². The van der Waals surface area contributed by atoms with Gasteiger partial charge in [-0.2, -0.15) is 5.10 Å². The summed E-state index contributed by atoms with van der Waals surface area (Å²) in [4.78, 5) is 2.08. The highest BCUT2D eigenvalue weighted by atomic mass is 35.5. The third-order valence-electron chi connectivity index (χ3n) is 3.71. The quantitative estimate of drug-likeness (QED) is 0.892. The van der Waals surface area contributed by atoms with Crippen molar-refractivity contribution in [3.05, 3.63) is 52.8 Å². The molecule has 0 aliphatic carbocycles. The standard InChI is InChI=1S/C16H22ClN3O/c1-4-16(21,13-8-6-5-7-9-13)15-14(17)12-18-20(15)11-10-19(2)3/h5-9,12,21H,4,10-11H2,1-3H3. The van der Waals surface area contributed by atoms with Gasteiger partial charge in [0.1, 0.15) is 5.60 Å². The van der Waals surface area contributed by atoms with Gasteiger partial charge in [-0.05, 0) is 26.1 Å². The lowest BCUT2D eigenvalue weighted by molar-refractivity contribution is 0.0661. The van der Waals surface area contributed by atoms with E-state index >= 15 is 0 Å². The zero-order valence-electron chi connectivity index (χ0n) is 12.8. The fourth-order valence-electron chi connectivity index (χ4n) is 2.46. The van der Waals surface area contributed by atoms with E-state index in [0.717, 1.165) is 12.1 Å². The van der Waals surface area contributed by atoms with E-state index in [-0.39, 0.29) is 0 Å². The van der Waals surface area contributed by atoms with Crippen molar-refractivity contribution in [3.63, 3.8) is 0 Å². The number of benzene rings is 1. The molecule has 1 aromatic heterocycles. The number of aliphatic hydroxyl groups is 1. The highest BCUT2D eigenvalue weighted by molar-refractivity contribution is 6.31. The Labute approximate surface area is 131 Å². The fourth-order valence-corrected chi connectivity index (χ4v) is 2.76. The molecule has 0 saturated carbocycles. The second-order valence-corrected chi connectivity index (χ2v) is 5.85. The van der Waals surface area contributed by atoms with Crippen LogP contribution >= 0.6 is 11.6 Å². The van der Waals surface area contributed by atoms with Crippen LogP contribution in [0.5, 0.6) is 0 Å². The number of halogens is 1. The van der Waals surface area contributed by atoms with E-state index in [9.17, 15) is 5.11 Å². The van der Waals surface area contributed by atoms with Crippen molar-refractivity contribution in [1.29, 1.82) is 0 Å². The van der Waals surface area contributed by atoms with Crippen LogP contribution in [-0.4, -0.2) is 40.4 Å². The van der Waals surface area contributed by atoms with E-state index < -0.39 is 5.60 Å². The maximum absolute atomic E-state index is 11.2. The van der Waals surface area contributed by atoms with Crippen LogP contribution in [0.4, 0.5) is 0 Å². The third kappa shape index (κ3) is 3.28. The van der Waals surface area contributed by atoms with Gasteiger partial charge < -0.3 is 10.0 Å². The summed E-state index contributed by atoms with van der Waals surface area (Å²) in [5, 5.41) is 16.0. The van der Waals surface area contributed by atoms with E-state index in [1.165, 1.54) is 0 Å². The molecule has 1 atom stereocenters. The normalized spacial score (nSPS) is 14.4. The Bertz CT molecular complexity index is 582. The van der Waals surface area contributed by atoms with Gasteiger partial charge in [-0.15, -0.1) is 0 Å². The zero-order valence-corrected chi connectivity index (χ0v) is 13.5. The Kier molecular flexibility index (Phi) is 5.04. The van der Waals surface area contributed by atoms with Crippen molar-refractivity contribution >= 4 is 11.6 Å². The number of likely N-dealkylation sites (N-methyl/N-ethyl adjacent to an activating group) is 1. The smallest absolute Gasteiger partial charge is 0.132 e. The van der Waals surface area contributed by atoms with Crippen LogP contribution in [0, 0.1) is 0 Å². The molecule has 4 nitrogen and oxygen atoms in total. The first-order valence-corrected chi connectivity index (χ1v) is 7.51. The fraction of sp³-hybridized carbons (Fsp3) is 0.438. The topological polar surface area (TPSA) is 41.3 Å². The molecule has 0 spiro atoms. The number of aromatic nitrogens is 2. The molecule has 5 heteroatoms. The van der Waals surface area contributed by atoms with Gasteiger partial charge in [0.15, 0.2) is 0 Å². The Morgan fingerprint density at radius 1 is 1.29 bits per heavy atom. The minimum absolute atomic E-state index is 0.502. The molecule has 0 saturated heterocycles. The summed E-state index contributed by atoms with van der Waals surface area (Å²) < 4.78 is 1.80. The monoisotopic (exact) mass is 307 g/mol. The van der Waals surface area contributed by atoms with Gasteiger partial charge >= 0.3 is 0 Å². The number of rotatable bonds is 6. The lowest BCUT2D eigenvalue weighted by atomic mass is 9.87. The van der Waals surface area contributed by atoms with Crippen LogP contribution < -0.4 is 0 Å². The third-order valence-corrected chi connectivity index (χ3v) is 3.99. The molecule has 0 radical (unpaired) electrons. The lowest BCUT2D eigenvalue weighted by Crippen LogP contribution is -2.31. The van der Waals surface area contributed by atoms with Crippen LogP contribution in [0.3, 0.4) is 0 Å². The van der Waals surface area contributed by atoms with Crippen molar-refractivity contribution in [2.45, 2.75) is 25.5 Å². The molecule has 1 heterocycles. The summed E-state index contributed by atoms with van der Waals surface area (Å²) in [7, 11) is 4.02. The molecule has 0 bridgehead atoms. The summed E-state index contributed by atoms with van der Waals surface area (Å²) in [6, 6.07) is 9.62. The first kappa shape index (κ1) is 16.0. The first-order valence-electron chi connectivity index (χ1n) is 7.13. The van der Waals surface area contributed by atoms with Crippen molar-refractivity contribution in [2.75, 3.05) is 20.6 Å². The first-order chi connectivity index (χ1) is 9.99. The Hall–Kier alpha value is -1.36. The lowest BCUT2D eigenvalue weighted by Gasteiger charge is -2.29. The predicted octanol–water partition coefficient (Wildman–Crippen LogP) is 2.74. The number of hydrogen-bond acceptors (Lipinski definition) is 3. The van der Waals surface area contributed by atoms with Gasteiger partial charge in [-0.1, -0.05) is 48.9 Å². The van der Waals surface area contributed by atoms with E-state index in [1.807, 2.05) is 51.4 Å². The zero-order chi connectivity index (χ0) is 15.5. The molecule has 2 aromatic rings. The maximum Gasteiger partial charge on any atom is 0.132 e. The summed E-state index contributed by atoms with van der Waals surface area (Å²) in [6.45, 7) is 3.47. The predicted molar refractivity (Wildman–Crippen MR) is 85.5 cm³/mol. The molecule has 0 aliphatic heterocycles. The van der Waals surface area contributed by atoms with Gasteiger partial charge in [0.25, 0.3) is 0 Å². The molecule has 1 aromatic carbocycles. The number of hydrogen-bond donors (Lipinski definition) is 1. The SMILES string of the molecule is CCC(O)(c1ccccc1)c1c(Cl)cnn1CCN(C)C. The Morgan fingerprint density at radius 2 is 1.95 bits per heavy atom. The van der Waals surface area contributed by atoms with Crippen molar-refractivity contribution < 1.29 is 5.11 Å². The minimum atomic E-state index is -1.12. The summed E-state index contributed by atoms with van der Waals surface area (Å²) >= 11 is 6.32. The highest BCUT2D eigenvalue weighted by Crippen LogP contribution is 2.36. The second-order valence-electron chi connectivity index (χ2n) is 5.45. The van der Waals surface area contributed by atoms with Crippen LogP contribution in [0.1, 0.15) is 24.6 Å². The van der Waals surface area contributed by atoms with Crippen LogP contribution in [0.15, 0.2) is 36.5 Å². The van der Waals surface area contributed by atoms with E-state index in [2.05, 4.69) is 10.00 Å². The van der Waals surface area contributed by atoms with Gasteiger partial charge in [-0.25, -0.2) is 0 Å². The molecule has 1 unspecified atom stereocenters. The second kappa shape index (κ2) is 6.60. The molecular formula is C16H22ClN3O. The van der Waals surface area contributed by atoms with E-state index in [1.54, 1.807) is 10.9 Å². The van der Waals surface area contributed by atoms with Gasteiger partial charge in [0.05, 0.1) is 23.5 Å².